The van der Waals surface area contributed by atoms with Gasteiger partial charge in [0.2, 0.25) is 0 Å². The Morgan fingerprint density at radius 3 is 2.97 bits per heavy atom. The lowest BCUT2D eigenvalue weighted by Gasteiger charge is -2.30. The molecule has 0 radical (unpaired) electrons. The Balaban J connectivity index is 1.37. The smallest absolute Gasteiger partial charge is 0.275 e. The lowest BCUT2D eigenvalue weighted by Crippen LogP contribution is -2.43. The van der Waals surface area contributed by atoms with E-state index < -0.39 is 0 Å². The minimum absolute atomic E-state index is 0.235. The first-order valence-electron chi connectivity index (χ1n) is 9.38. The molecule has 0 atom stereocenters. The van der Waals surface area contributed by atoms with Crippen LogP contribution < -0.4 is 15.5 Å². The molecule has 0 spiro atoms. The number of piperazine rings is 1. The van der Waals surface area contributed by atoms with Crippen LogP contribution in [0.25, 0.3) is 21.5 Å². The van der Waals surface area contributed by atoms with Crippen LogP contribution in [0.1, 0.15) is 10.5 Å². The quantitative estimate of drug-likeness (QED) is 0.483. The van der Waals surface area contributed by atoms with Crippen molar-refractivity contribution in [3.8, 4) is 10.6 Å². The van der Waals surface area contributed by atoms with Crippen LogP contribution in [0, 0.1) is 0 Å². The van der Waals surface area contributed by atoms with Crippen molar-refractivity contribution in [1.29, 1.82) is 0 Å². The average Bonchev–Trinajstić information content (AvgIpc) is 3.44. The van der Waals surface area contributed by atoms with Crippen molar-refractivity contribution in [3.63, 3.8) is 0 Å². The summed E-state index contributed by atoms with van der Waals surface area (Å²) < 4.78 is 0. The fourth-order valence-electron chi connectivity index (χ4n) is 3.44. The lowest BCUT2D eigenvalue weighted by atomic mass is 10.2. The molecule has 0 unspecified atom stereocenters. The van der Waals surface area contributed by atoms with E-state index in [1.54, 1.807) is 24.0 Å². The number of hydrogen-bond acceptors (Lipinski definition) is 7. The third kappa shape index (κ3) is 3.57. The van der Waals surface area contributed by atoms with Crippen molar-refractivity contribution >= 4 is 39.5 Å². The van der Waals surface area contributed by atoms with Crippen LogP contribution in [-0.4, -0.2) is 52.3 Å². The maximum Gasteiger partial charge on any atom is 0.275 e. The van der Waals surface area contributed by atoms with Gasteiger partial charge in [-0.1, -0.05) is 0 Å². The molecule has 146 valence electrons. The highest BCUT2D eigenvalue weighted by Gasteiger charge is 2.18. The zero-order chi connectivity index (χ0) is 19.6. The Kier molecular flexibility index (Phi) is 4.66. The van der Waals surface area contributed by atoms with E-state index in [1.165, 1.54) is 11.3 Å². The van der Waals surface area contributed by atoms with E-state index >= 15 is 0 Å². The van der Waals surface area contributed by atoms with Gasteiger partial charge in [0.25, 0.3) is 5.91 Å². The van der Waals surface area contributed by atoms with Gasteiger partial charge in [0.15, 0.2) is 0 Å². The van der Waals surface area contributed by atoms with Crippen molar-refractivity contribution in [2.45, 2.75) is 0 Å². The zero-order valence-corrected chi connectivity index (χ0v) is 16.4. The summed E-state index contributed by atoms with van der Waals surface area (Å²) in [5.74, 6) is -0.235. The van der Waals surface area contributed by atoms with E-state index in [0.717, 1.165) is 53.3 Å². The predicted octanol–water partition coefficient (Wildman–Crippen LogP) is 2.74. The molecule has 4 aromatic rings. The average molecular weight is 405 g/mol. The van der Waals surface area contributed by atoms with Crippen molar-refractivity contribution in [1.82, 2.24) is 25.5 Å². The molecule has 1 fully saturated rings. The second-order valence-corrected chi connectivity index (χ2v) is 7.65. The number of H-pyrrole nitrogens is 1. The third-order valence-electron chi connectivity index (χ3n) is 4.93. The molecule has 8 nitrogen and oxygen atoms in total. The Morgan fingerprint density at radius 2 is 2.07 bits per heavy atom. The number of pyridine rings is 1. The topological polar surface area (TPSA) is 98.8 Å². The van der Waals surface area contributed by atoms with E-state index in [1.807, 2.05) is 24.3 Å². The van der Waals surface area contributed by atoms with Crippen LogP contribution >= 0.6 is 11.3 Å². The number of carbonyl (C=O) groups excluding carboxylic acids is 1. The van der Waals surface area contributed by atoms with Gasteiger partial charge in [0, 0.05) is 48.7 Å². The summed E-state index contributed by atoms with van der Waals surface area (Å²) >= 11 is 1.45. The normalized spacial score (nSPS) is 14.3. The number of nitrogens with zero attached hydrogens (tertiary/aromatic N) is 4. The molecular weight excluding hydrogens is 386 g/mol. The van der Waals surface area contributed by atoms with Crippen molar-refractivity contribution < 1.29 is 4.79 Å². The number of thiazole rings is 1. The molecule has 0 saturated carbocycles. The van der Waals surface area contributed by atoms with Crippen LogP contribution in [-0.2, 0) is 0 Å². The number of amides is 1. The Labute approximate surface area is 171 Å². The van der Waals surface area contributed by atoms with E-state index in [2.05, 4.69) is 35.7 Å². The van der Waals surface area contributed by atoms with Gasteiger partial charge in [-0.3, -0.25) is 14.9 Å². The molecule has 1 saturated heterocycles. The maximum atomic E-state index is 12.8. The van der Waals surface area contributed by atoms with Gasteiger partial charge in [-0.2, -0.15) is 5.10 Å². The highest BCUT2D eigenvalue weighted by molar-refractivity contribution is 7.13. The summed E-state index contributed by atoms with van der Waals surface area (Å²) in [6, 6.07) is 7.90. The number of benzene rings is 1. The highest BCUT2D eigenvalue weighted by Crippen LogP contribution is 2.28. The first kappa shape index (κ1) is 17.8. The molecule has 9 heteroatoms. The molecule has 0 aliphatic carbocycles. The van der Waals surface area contributed by atoms with Crippen LogP contribution in [0.2, 0.25) is 0 Å². The number of aromatic amines is 1. The lowest BCUT2D eigenvalue weighted by molar-refractivity contribution is 0.102. The molecule has 1 aromatic carbocycles. The largest absolute Gasteiger partial charge is 0.367 e. The Morgan fingerprint density at radius 1 is 1.17 bits per heavy atom. The molecule has 29 heavy (non-hydrogen) atoms. The van der Waals surface area contributed by atoms with Crippen molar-refractivity contribution in [3.05, 3.63) is 53.9 Å². The fraction of sp³-hybridized carbons (Fsp3) is 0.200. The SMILES string of the molecule is O=C(Nc1cnccc1N1CCNCC1)c1csc(-c2ccc3[nH]ncc3c2)n1. The van der Waals surface area contributed by atoms with Crippen LogP contribution in [0.5, 0.6) is 0 Å². The van der Waals surface area contributed by atoms with Crippen LogP contribution in [0.4, 0.5) is 11.4 Å². The Bertz CT molecular complexity index is 1160. The van der Waals surface area contributed by atoms with Crippen molar-refractivity contribution in [2.24, 2.45) is 0 Å². The number of hydrogen-bond donors (Lipinski definition) is 3. The van der Waals surface area contributed by atoms with Gasteiger partial charge in [-0.05, 0) is 24.3 Å². The van der Waals surface area contributed by atoms with E-state index in [-0.39, 0.29) is 5.91 Å². The van der Waals surface area contributed by atoms with Crippen molar-refractivity contribution in [2.75, 3.05) is 36.4 Å². The van der Waals surface area contributed by atoms with Gasteiger partial charge in [0.1, 0.15) is 10.7 Å². The van der Waals surface area contributed by atoms with E-state index in [4.69, 9.17) is 0 Å². The highest BCUT2D eigenvalue weighted by atomic mass is 32.1. The monoisotopic (exact) mass is 405 g/mol. The summed E-state index contributed by atoms with van der Waals surface area (Å²) in [6.07, 6.45) is 5.22. The fourth-order valence-corrected chi connectivity index (χ4v) is 4.23. The predicted molar refractivity (Wildman–Crippen MR) is 114 cm³/mol. The van der Waals surface area contributed by atoms with E-state index in [9.17, 15) is 4.79 Å². The molecule has 1 aliphatic heterocycles. The van der Waals surface area contributed by atoms with Gasteiger partial charge < -0.3 is 15.5 Å². The molecule has 3 N–H and O–H groups in total. The Hall–Kier alpha value is -3.30. The minimum Gasteiger partial charge on any atom is -0.367 e. The molecule has 1 amide bonds. The molecule has 0 bridgehead atoms. The first-order valence-corrected chi connectivity index (χ1v) is 10.3. The standard InChI is InChI=1S/C20H19N7OS/c28-19(24-16-11-22-4-3-18(16)27-7-5-21-6-8-27)17-12-29-20(25-17)13-1-2-15-14(9-13)10-23-26-15/h1-4,9-12,21H,5-8H2,(H,23,26)(H,24,28). The second-order valence-electron chi connectivity index (χ2n) is 6.79. The zero-order valence-electron chi connectivity index (χ0n) is 15.6. The number of rotatable bonds is 4. The summed E-state index contributed by atoms with van der Waals surface area (Å²) in [5.41, 5.74) is 4.02. The van der Waals surface area contributed by atoms with E-state index in [0.29, 0.717) is 11.4 Å². The molecule has 1 aliphatic rings. The molecule has 4 heterocycles. The third-order valence-corrected chi connectivity index (χ3v) is 5.82. The molecular formula is C20H19N7OS. The summed E-state index contributed by atoms with van der Waals surface area (Å²) in [7, 11) is 0. The van der Waals surface area contributed by atoms with Gasteiger partial charge in [-0.25, -0.2) is 4.98 Å². The minimum atomic E-state index is -0.235. The summed E-state index contributed by atoms with van der Waals surface area (Å²) in [5, 5.41) is 16.9. The van der Waals surface area contributed by atoms with Crippen LogP contribution in [0.3, 0.4) is 0 Å². The number of anilines is 2. The number of carbonyl (C=O) groups is 1. The number of aromatic nitrogens is 4. The maximum absolute atomic E-state index is 12.8. The molecule has 3 aromatic heterocycles. The molecule has 5 rings (SSSR count). The summed E-state index contributed by atoms with van der Waals surface area (Å²) in [4.78, 5) is 23.8. The van der Waals surface area contributed by atoms with Crippen LogP contribution in [0.15, 0.2) is 48.2 Å². The van der Waals surface area contributed by atoms with Gasteiger partial charge in [-0.15, -0.1) is 11.3 Å². The van der Waals surface area contributed by atoms with Gasteiger partial charge in [0.05, 0.1) is 29.3 Å². The number of nitrogens with one attached hydrogen (secondary N) is 3. The second kappa shape index (κ2) is 7.61. The number of fused-ring (bicyclic) bond motifs is 1. The summed E-state index contributed by atoms with van der Waals surface area (Å²) in [6.45, 7) is 3.63. The first-order chi connectivity index (χ1) is 14.3. The van der Waals surface area contributed by atoms with Gasteiger partial charge >= 0.3 is 0 Å².